The van der Waals surface area contributed by atoms with E-state index in [0.29, 0.717) is 16.4 Å². The van der Waals surface area contributed by atoms with E-state index in [9.17, 15) is 18.8 Å². The van der Waals surface area contributed by atoms with Gasteiger partial charge in [0.05, 0.1) is 5.69 Å². The molecule has 0 saturated carbocycles. The summed E-state index contributed by atoms with van der Waals surface area (Å²) in [5.74, 6) is -1.91. The van der Waals surface area contributed by atoms with E-state index in [-0.39, 0.29) is 17.2 Å². The summed E-state index contributed by atoms with van der Waals surface area (Å²) in [6, 6.07) is 38.6. The first-order valence-corrected chi connectivity index (χ1v) is 17.9. The van der Waals surface area contributed by atoms with Crippen LogP contribution in [0.3, 0.4) is 0 Å². The van der Waals surface area contributed by atoms with Crippen molar-refractivity contribution in [2.24, 2.45) is 0 Å². The molecule has 3 N–H and O–H groups in total. The van der Waals surface area contributed by atoms with Crippen molar-refractivity contribution in [3.05, 3.63) is 172 Å². The van der Waals surface area contributed by atoms with E-state index < -0.39 is 22.9 Å². The third kappa shape index (κ3) is 9.00. The van der Waals surface area contributed by atoms with E-state index in [1.54, 1.807) is 66.7 Å². The Kier molecular flexibility index (Phi) is 11.3. The molecule has 6 rings (SSSR count). The highest BCUT2D eigenvalue weighted by atomic mass is 79.9. The molecule has 3 amide bonds. The zero-order valence-electron chi connectivity index (χ0n) is 26.2. The molecule has 0 radical (unpaired) electrons. The number of amides is 3. The van der Waals surface area contributed by atoms with E-state index in [4.69, 9.17) is 0 Å². The van der Waals surface area contributed by atoms with Crippen LogP contribution in [0.5, 0.6) is 0 Å². The lowest BCUT2D eigenvalue weighted by molar-refractivity contribution is -0.116. The van der Waals surface area contributed by atoms with Crippen LogP contribution >= 0.6 is 39.0 Å². The molecule has 11 heteroatoms. The first-order valence-electron chi connectivity index (χ1n) is 15.3. The number of halogens is 2. The molecular formula is C39H28BrFN4O3S2. The molecule has 0 aliphatic heterocycles. The average Bonchev–Trinajstić information content (AvgIpc) is 3.61. The van der Waals surface area contributed by atoms with Gasteiger partial charge in [-0.2, -0.15) is 0 Å². The number of rotatable bonds is 11. The maximum atomic E-state index is 14.5. The number of carbonyl (C=O) groups excluding carboxylic acids is 3. The first kappa shape index (κ1) is 34.5. The minimum Gasteiger partial charge on any atom is -0.321 e. The molecular weight excluding hydrogens is 735 g/mol. The highest BCUT2D eigenvalue weighted by molar-refractivity contribution is 9.10. The van der Waals surface area contributed by atoms with Crippen LogP contribution in [-0.2, 0) is 9.59 Å². The second kappa shape index (κ2) is 16.4. The molecule has 0 aliphatic carbocycles. The second-order valence-electron chi connectivity index (χ2n) is 10.8. The number of nitrogens with one attached hydrogen (secondary N) is 3. The largest absolute Gasteiger partial charge is 0.321 e. The molecule has 1 unspecified atom stereocenters. The summed E-state index contributed by atoms with van der Waals surface area (Å²) < 4.78 is 15.5. The number of anilines is 2. The highest BCUT2D eigenvalue weighted by Gasteiger charge is 2.24. The van der Waals surface area contributed by atoms with Crippen molar-refractivity contribution in [3.63, 3.8) is 0 Å². The predicted molar refractivity (Wildman–Crippen MR) is 202 cm³/mol. The number of hydrogen-bond donors (Lipinski definition) is 3. The second-order valence-corrected chi connectivity index (χ2v) is 13.8. The van der Waals surface area contributed by atoms with Gasteiger partial charge in [0.1, 0.15) is 16.8 Å². The van der Waals surface area contributed by atoms with Crippen molar-refractivity contribution in [3.8, 4) is 11.3 Å². The van der Waals surface area contributed by atoms with Gasteiger partial charge in [-0.15, -0.1) is 23.1 Å². The summed E-state index contributed by atoms with van der Waals surface area (Å²) in [5, 5.41) is 10.2. The van der Waals surface area contributed by atoms with Crippen LogP contribution in [0.1, 0.15) is 26.7 Å². The molecule has 0 fully saturated rings. The number of aromatic nitrogens is 1. The molecule has 0 spiro atoms. The summed E-state index contributed by atoms with van der Waals surface area (Å²) >= 11 is 6.15. The molecule has 6 aromatic rings. The number of benzene rings is 5. The molecule has 7 nitrogen and oxygen atoms in total. The zero-order chi connectivity index (χ0) is 34.9. The van der Waals surface area contributed by atoms with E-state index in [1.807, 2.05) is 60.0 Å². The molecule has 50 heavy (non-hydrogen) atoms. The molecule has 1 heterocycles. The summed E-state index contributed by atoms with van der Waals surface area (Å²) in [7, 11) is 0. The Hall–Kier alpha value is -5.36. The Balaban J connectivity index is 1.17. The van der Waals surface area contributed by atoms with Crippen molar-refractivity contribution in [2.75, 3.05) is 10.6 Å². The summed E-state index contributed by atoms with van der Waals surface area (Å²) in [6.07, 6.45) is 1.29. The summed E-state index contributed by atoms with van der Waals surface area (Å²) in [4.78, 5) is 45.4. The van der Waals surface area contributed by atoms with Gasteiger partial charge >= 0.3 is 0 Å². The Morgan fingerprint density at radius 1 is 0.780 bits per heavy atom. The van der Waals surface area contributed by atoms with Crippen molar-refractivity contribution >= 4 is 73.6 Å². The molecule has 1 aromatic heterocycles. The van der Waals surface area contributed by atoms with E-state index in [0.717, 1.165) is 26.2 Å². The van der Waals surface area contributed by atoms with Crippen molar-refractivity contribution < 1.29 is 18.8 Å². The summed E-state index contributed by atoms with van der Waals surface area (Å²) in [5.41, 5.74) is 3.33. The Labute approximate surface area is 304 Å². The maximum absolute atomic E-state index is 14.5. The van der Waals surface area contributed by atoms with Crippen LogP contribution < -0.4 is 16.0 Å². The first-order chi connectivity index (χ1) is 24.3. The number of thioether (sulfide) groups is 1. The van der Waals surface area contributed by atoms with Crippen molar-refractivity contribution in [1.82, 2.24) is 10.3 Å². The SMILES string of the molecule is O=C(Nc1ccc(SC(C(=O)Nc2nc(-c3ccc(Br)cc3)cs2)c2ccccc2)cc1)/C(=C/c1ccccc1F)NC(=O)c1ccccc1. The van der Waals surface area contributed by atoms with E-state index >= 15 is 0 Å². The quantitative estimate of drug-likeness (QED) is 0.0902. The molecule has 0 bridgehead atoms. The lowest BCUT2D eigenvalue weighted by atomic mass is 10.1. The van der Waals surface area contributed by atoms with Crippen molar-refractivity contribution in [1.29, 1.82) is 0 Å². The normalized spacial score (nSPS) is 11.8. The van der Waals surface area contributed by atoms with Gasteiger partial charge in [0.2, 0.25) is 5.91 Å². The van der Waals surface area contributed by atoms with Crippen LogP contribution in [0.25, 0.3) is 17.3 Å². The predicted octanol–water partition coefficient (Wildman–Crippen LogP) is 9.59. The van der Waals surface area contributed by atoms with E-state index in [2.05, 4.69) is 36.9 Å². The Morgan fingerprint density at radius 2 is 1.44 bits per heavy atom. The van der Waals surface area contributed by atoms with Crippen molar-refractivity contribution in [2.45, 2.75) is 10.1 Å². The van der Waals surface area contributed by atoms with Gasteiger partial charge in [0.25, 0.3) is 11.8 Å². The molecule has 5 aromatic carbocycles. The standard InChI is InChI=1S/C39H28BrFN4O3S2/c40-29-17-15-25(16-18-29)34-24-49-39(44-34)45-38(48)35(26-9-3-1-4-10-26)50-31-21-19-30(20-22-31)42-37(47)33(23-28-13-7-8-14-32(28)41)43-36(46)27-11-5-2-6-12-27/h1-24,35H,(H,42,47)(H,43,46)(H,44,45,48)/b33-23-. The van der Waals surface area contributed by atoms with E-state index in [1.165, 1.54) is 41.3 Å². The minimum absolute atomic E-state index is 0.131. The lowest BCUT2D eigenvalue weighted by Gasteiger charge is -2.17. The zero-order valence-corrected chi connectivity index (χ0v) is 29.4. The van der Waals surface area contributed by atoms with Gasteiger partial charge in [-0.25, -0.2) is 9.37 Å². The monoisotopic (exact) mass is 762 g/mol. The third-order valence-electron chi connectivity index (χ3n) is 7.31. The van der Waals surface area contributed by atoms with Crippen LogP contribution in [-0.4, -0.2) is 22.7 Å². The molecule has 0 aliphatic rings. The fourth-order valence-electron chi connectivity index (χ4n) is 4.80. The number of thiazole rings is 1. The van der Waals surface area contributed by atoms with Gasteiger partial charge in [-0.3, -0.25) is 14.4 Å². The smallest absolute Gasteiger partial charge is 0.272 e. The molecule has 1 atom stereocenters. The highest BCUT2D eigenvalue weighted by Crippen LogP contribution is 2.37. The number of nitrogens with zero attached hydrogens (tertiary/aromatic N) is 1. The fraction of sp³-hybridized carbons (Fsp3) is 0.0256. The van der Waals surface area contributed by atoms with Gasteiger partial charge < -0.3 is 16.0 Å². The lowest BCUT2D eigenvalue weighted by Crippen LogP contribution is -2.30. The topological polar surface area (TPSA) is 100 Å². The number of hydrogen-bond acceptors (Lipinski definition) is 6. The average molecular weight is 764 g/mol. The number of carbonyl (C=O) groups is 3. The van der Waals surface area contributed by atoms with Crippen LogP contribution in [0.2, 0.25) is 0 Å². The minimum atomic E-state index is -0.634. The molecule has 0 saturated heterocycles. The van der Waals surface area contributed by atoms with Gasteiger partial charge in [0.15, 0.2) is 5.13 Å². The van der Waals surface area contributed by atoms with Crippen LogP contribution in [0, 0.1) is 5.82 Å². The Bertz CT molecular complexity index is 2140. The van der Waals surface area contributed by atoms with Crippen LogP contribution in [0.15, 0.2) is 154 Å². The van der Waals surface area contributed by atoms with Crippen LogP contribution in [0.4, 0.5) is 15.2 Å². The van der Waals surface area contributed by atoms with Gasteiger partial charge in [-0.1, -0.05) is 94.8 Å². The maximum Gasteiger partial charge on any atom is 0.272 e. The fourth-order valence-corrected chi connectivity index (χ4v) is 6.81. The van der Waals surface area contributed by atoms with Gasteiger partial charge in [-0.05, 0) is 66.2 Å². The molecule has 248 valence electrons. The Morgan fingerprint density at radius 3 is 2.14 bits per heavy atom. The van der Waals surface area contributed by atoms with Gasteiger partial charge in [0, 0.05) is 37.1 Å². The summed E-state index contributed by atoms with van der Waals surface area (Å²) in [6.45, 7) is 0. The third-order valence-corrected chi connectivity index (χ3v) is 9.87.